The van der Waals surface area contributed by atoms with Crippen molar-refractivity contribution in [3.63, 3.8) is 0 Å². The van der Waals surface area contributed by atoms with Gasteiger partial charge in [-0.1, -0.05) is 17.3 Å². The van der Waals surface area contributed by atoms with Crippen LogP contribution in [0.15, 0.2) is 47.4 Å². The van der Waals surface area contributed by atoms with Crippen molar-refractivity contribution in [2.75, 3.05) is 10.6 Å². The molecule has 1 saturated carbocycles. The number of anilines is 3. The van der Waals surface area contributed by atoms with Crippen LogP contribution in [-0.4, -0.2) is 36.8 Å². The number of carbonyl (C=O) groups is 1. The first kappa shape index (κ1) is 24.4. The SMILES string of the molecule is Cc1nc(Nc2ncc(-c3ccc(CC(=O)Nc4cc(C5(C(F)(F)F)CC5)on4)c(F)c3)cn2)cn1C. The maximum absolute atomic E-state index is 14.7. The normalized spacial score (nSPS) is 14.4. The maximum Gasteiger partial charge on any atom is 0.401 e. The maximum atomic E-state index is 14.7. The standard InChI is InChI=1S/C24H21F4N7O2/c1-13-31-20(12-35(13)2)33-22-29-10-16(11-30-22)14-3-4-15(17(25)7-14)8-21(36)32-19-9-18(37-34-19)23(5-6-23)24(26,27)28/h3-4,7,9-12H,5-6,8H2,1-2H3,(H,29,30,33)(H,32,34,36). The summed E-state index contributed by atoms with van der Waals surface area (Å²) >= 11 is 0. The van der Waals surface area contributed by atoms with Gasteiger partial charge in [0.2, 0.25) is 11.9 Å². The third kappa shape index (κ3) is 4.88. The van der Waals surface area contributed by atoms with Crippen LogP contribution in [0.1, 0.15) is 30.0 Å². The summed E-state index contributed by atoms with van der Waals surface area (Å²) in [6.45, 7) is 1.86. The van der Waals surface area contributed by atoms with Gasteiger partial charge in [0.1, 0.15) is 17.1 Å². The molecule has 13 heteroatoms. The zero-order chi connectivity index (χ0) is 26.4. The Bertz CT molecular complexity index is 1440. The molecule has 1 aliphatic carbocycles. The Balaban J connectivity index is 1.21. The molecule has 37 heavy (non-hydrogen) atoms. The van der Waals surface area contributed by atoms with Crippen LogP contribution in [0, 0.1) is 12.7 Å². The van der Waals surface area contributed by atoms with Crippen molar-refractivity contribution in [2.24, 2.45) is 7.05 Å². The minimum Gasteiger partial charge on any atom is -0.358 e. The lowest BCUT2D eigenvalue weighted by Crippen LogP contribution is -2.28. The summed E-state index contributed by atoms with van der Waals surface area (Å²) < 4.78 is 61.1. The van der Waals surface area contributed by atoms with E-state index < -0.39 is 23.3 Å². The van der Waals surface area contributed by atoms with E-state index in [1.165, 1.54) is 24.5 Å². The van der Waals surface area contributed by atoms with E-state index in [4.69, 9.17) is 4.52 Å². The van der Waals surface area contributed by atoms with Gasteiger partial charge in [0, 0.05) is 37.3 Å². The fourth-order valence-electron chi connectivity index (χ4n) is 3.86. The quantitative estimate of drug-likeness (QED) is 0.339. The largest absolute Gasteiger partial charge is 0.401 e. The highest BCUT2D eigenvalue weighted by atomic mass is 19.4. The molecule has 1 aliphatic rings. The van der Waals surface area contributed by atoms with Crippen molar-refractivity contribution in [3.8, 4) is 11.1 Å². The van der Waals surface area contributed by atoms with Crippen LogP contribution in [0.2, 0.25) is 0 Å². The molecule has 4 aromatic rings. The summed E-state index contributed by atoms with van der Waals surface area (Å²) in [4.78, 5) is 25.1. The van der Waals surface area contributed by atoms with Gasteiger partial charge in [-0.15, -0.1) is 0 Å². The molecule has 1 fully saturated rings. The highest BCUT2D eigenvalue weighted by molar-refractivity contribution is 5.91. The summed E-state index contributed by atoms with van der Waals surface area (Å²) in [5.74, 6) is -0.0309. The molecule has 3 heterocycles. The van der Waals surface area contributed by atoms with Gasteiger partial charge in [-0.05, 0) is 37.0 Å². The number of hydrogen-bond acceptors (Lipinski definition) is 7. The van der Waals surface area contributed by atoms with E-state index in [0.717, 1.165) is 11.9 Å². The summed E-state index contributed by atoms with van der Waals surface area (Å²) in [7, 11) is 1.87. The Morgan fingerprint density at radius 1 is 1.14 bits per heavy atom. The predicted molar refractivity (Wildman–Crippen MR) is 124 cm³/mol. The number of nitrogens with one attached hydrogen (secondary N) is 2. The molecule has 3 aromatic heterocycles. The Morgan fingerprint density at radius 2 is 1.86 bits per heavy atom. The number of nitrogens with zero attached hydrogens (tertiary/aromatic N) is 5. The van der Waals surface area contributed by atoms with Crippen LogP contribution in [-0.2, 0) is 23.7 Å². The topological polar surface area (TPSA) is 111 Å². The number of hydrogen-bond donors (Lipinski definition) is 2. The number of amides is 1. The van der Waals surface area contributed by atoms with Crippen LogP contribution in [0.5, 0.6) is 0 Å². The van der Waals surface area contributed by atoms with Gasteiger partial charge in [-0.25, -0.2) is 19.3 Å². The number of alkyl halides is 3. The molecule has 1 amide bonds. The first-order valence-corrected chi connectivity index (χ1v) is 11.3. The van der Waals surface area contributed by atoms with Crippen molar-refractivity contribution in [1.82, 2.24) is 24.7 Å². The van der Waals surface area contributed by atoms with Gasteiger partial charge < -0.3 is 19.7 Å². The van der Waals surface area contributed by atoms with Crippen LogP contribution in [0.3, 0.4) is 0 Å². The molecule has 9 nitrogen and oxygen atoms in total. The monoisotopic (exact) mass is 515 g/mol. The van der Waals surface area contributed by atoms with Crippen LogP contribution < -0.4 is 10.6 Å². The highest BCUT2D eigenvalue weighted by Gasteiger charge is 2.66. The Morgan fingerprint density at radius 3 is 2.46 bits per heavy atom. The van der Waals surface area contributed by atoms with E-state index in [1.807, 2.05) is 18.5 Å². The molecule has 0 radical (unpaired) electrons. The molecule has 0 unspecified atom stereocenters. The fourth-order valence-corrected chi connectivity index (χ4v) is 3.86. The molecular formula is C24H21F4N7O2. The lowest BCUT2D eigenvalue weighted by Gasteiger charge is -2.14. The number of halogens is 4. The molecule has 0 atom stereocenters. The summed E-state index contributed by atoms with van der Waals surface area (Å²) in [5, 5.41) is 8.85. The summed E-state index contributed by atoms with van der Waals surface area (Å²) in [6, 6.07) is 5.38. The minimum absolute atomic E-state index is 0.0924. The number of carbonyl (C=O) groups excluding carboxylic acids is 1. The third-order valence-corrected chi connectivity index (χ3v) is 6.28. The Kier molecular flexibility index (Phi) is 5.92. The average molecular weight is 515 g/mol. The Labute approximate surface area is 207 Å². The number of benzene rings is 1. The van der Waals surface area contributed by atoms with Crippen LogP contribution in [0.25, 0.3) is 11.1 Å². The van der Waals surface area contributed by atoms with Crippen LogP contribution in [0.4, 0.5) is 35.1 Å². The van der Waals surface area contributed by atoms with Gasteiger partial charge in [-0.2, -0.15) is 13.2 Å². The van der Waals surface area contributed by atoms with Gasteiger partial charge >= 0.3 is 6.18 Å². The third-order valence-electron chi connectivity index (χ3n) is 6.28. The second kappa shape index (κ2) is 8.98. The van der Waals surface area contributed by atoms with Gasteiger partial charge in [0.15, 0.2) is 17.4 Å². The second-order valence-electron chi connectivity index (χ2n) is 8.89. The van der Waals surface area contributed by atoms with Gasteiger partial charge in [-0.3, -0.25) is 4.79 Å². The van der Waals surface area contributed by atoms with E-state index in [9.17, 15) is 22.4 Å². The molecule has 2 N–H and O–H groups in total. The fraction of sp³-hybridized carbons (Fsp3) is 0.292. The van der Waals surface area contributed by atoms with Gasteiger partial charge in [0.05, 0.1) is 6.42 Å². The van der Waals surface area contributed by atoms with Crippen molar-refractivity contribution >= 4 is 23.5 Å². The summed E-state index contributed by atoms with van der Waals surface area (Å²) in [6.07, 6.45) is -0.134. The molecule has 0 aliphatic heterocycles. The number of rotatable bonds is 7. The smallest absolute Gasteiger partial charge is 0.358 e. The molecule has 192 valence electrons. The second-order valence-corrected chi connectivity index (χ2v) is 8.89. The predicted octanol–water partition coefficient (Wildman–Crippen LogP) is 4.83. The van der Waals surface area contributed by atoms with Crippen molar-refractivity contribution < 1.29 is 26.9 Å². The molecule has 0 spiro atoms. The van der Waals surface area contributed by atoms with E-state index in [0.29, 0.717) is 22.9 Å². The zero-order valence-electron chi connectivity index (χ0n) is 19.7. The lowest BCUT2D eigenvalue weighted by atomic mass is 10.0. The van der Waals surface area contributed by atoms with E-state index in [2.05, 4.69) is 30.7 Å². The zero-order valence-corrected chi connectivity index (χ0v) is 19.7. The van der Waals surface area contributed by atoms with Gasteiger partial charge in [0.25, 0.3) is 0 Å². The first-order chi connectivity index (χ1) is 17.5. The number of aromatic nitrogens is 5. The molecule has 1 aromatic carbocycles. The van der Waals surface area contributed by atoms with E-state index >= 15 is 0 Å². The lowest BCUT2D eigenvalue weighted by molar-refractivity contribution is -0.165. The molecule has 0 bridgehead atoms. The van der Waals surface area contributed by atoms with Crippen molar-refractivity contribution in [1.29, 1.82) is 0 Å². The first-order valence-electron chi connectivity index (χ1n) is 11.3. The molecule has 5 rings (SSSR count). The van der Waals surface area contributed by atoms with E-state index in [-0.39, 0.29) is 36.4 Å². The molecular weight excluding hydrogens is 494 g/mol. The van der Waals surface area contributed by atoms with E-state index in [1.54, 1.807) is 12.3 Å². The average Bonchev–Trinajstić information content (AvgIpc) is 3.44. The summed E-state index contributed by atoms with van der Waals surface area (Å²) in [5.41, 5.74) is -0.875. The Hall–Kier alpha value is -4.29. The highest BCUT2D eigenvalue weighted by Crippen LogP contribution is 2.59. The molecule has 0 saturated heterocycles. The minimum atomic E-state index is -4.46. The van der Waals surface area contributed by atoms with Crippen molar-refractivity contribution in [3.05, 3.63) is 65.8 Å². The van der Waals surface area contributed by atoms with Crippen LogP contribution >= 0.6 is 0 Å². The number of aryl methyl sites for hydroxylation is 2. The van der Waals surface area contributed by atoms with Crippen molar-refractivity contribution in [2.45, 2.75) is 37.8 Å². The number of imidazole rings is 1.